The normalized spacial score (nSPS) is 18.9. The lowest BCUT2D eigenvalue weighted by molar-refractivity contribution is -0.254. The molecule has 0 aliphatic carbocycles. The molecule has 1 aliphatic heterocycles. The van der Waals surface area contributed by atoms with E-state index in [0.717, 1.165) is 70.6 Å². The molecule has 1 unspecified atom stereocenters. The first kappa shape index (κ1) is 64.3. The van der Waals surface area contributed by atoms with E-state index >= 15 is 0 Å². The summed E-state index contributed by atoms with van der Waals surface area (Å²) in [6.07, 6.45) is 38.4. The summed E-state index contributed by atoms with van der Waals surface area (Å²) < 4.78 is 57.8. The van der Waals surface area contributed by atoms with Crippen LogP contribution in [0.3, 0.4) is 0 Å². The molecule has 0 radical (unpaired) electrons. The van der Waals surface area contributed by atoms with Gasteiger partial charge >= 0.3 is 22.3 Å². The number of aliphatic hydroxyl groups excluding tert-OH is 2. The number of hydrogen-bond donors (Lipinski definition) is 4. The van der Waals surface area contributed by atoms with Gasteiger partial charge in [0.15, 0.2) is 12.4 Å². The standard InChI is InChI=1S/C56H107NO12S/c1-4-7-10-13-16-19-21-23-25-27-29-32-35-38-41-44-51(60)66-48(43-40-37-34-31-18-15-12-9-6-3)46-50(59)57-53-55(54(69-70(63,64)65)49(47-58)67-56(53)62)68-52(61)45-42-39-36-33-30-28-26-24-22-20-17-14-11-8-5-2/h48-49,53-56,58,62H,4-47H2,1-3H3,(H,57,59)(H,63,64,65)/t48-,49-,53-,54-,55-,56?/m1/s1/i/hD. The zero-order valence-electron chi connectivity index (χ0n) is 46.0. The fourth-order valence-electron chi connectivity index (χ4n) is 9.69. The van der Waals surface area contributed by atoms with Crippen molar-refractivity contribution in [3.05, 3.63) is 0 Å². The number of carbonyl (C=O) groups is 3. The molecule has 4 N–H and O–H groups in total. The highest BCUT2D eigenvalue weighted by Gasteiger charge is 2.50. The molecule has 70 heavy (non-hydrogen) atoms. The summed E-state index contributed by atoms with van der Waals surface area (Å²) in [4.78, 5) is 40.3. The second kappa shape index (κ2) is 45.7. The van der Waals surface area contributed by atoms with Crippen LogP contribution in [0.5, 0.6) is 0 Å². The molecule has 0 aromatic carbocycles. The van der Waals surface area contributed by atoms with E-state index in [-0.39, 0.29) is 25.2 Å². The molecule has 13 nitrogen and oxygen atoms in total. The molecule has 1 aliphatic rings. The predicted molar refractivity (Wildman–Crippen MR) is 282 cm³/mol. The van der Waals surface area contributed by atoms with Crippen molar-refractivity contribution in [1.29, 1.82) is 1.43 Å². The van der Waals surface area contributed by atoms with E-state index in [1.807, 2.05) is 0 Å². The molecule has 1 fully saturated rings. The van der Waals surface area contributed by atoms with Crippen LogP contribution in [0.2, 0.25) is 0 Å². The minimum atomic E-state index is -4.99. The fourth-order valence-corrected chi connectivity index (χ4v) is 10.2. The number of esters is 2. The Bertz CT molecular complexity index is 1380. The van der Waals surface area contributed by atoms with Gasteiger partial charge in [-0.25, -0.2) is 4.18 Å². The molecule has 0 spiro atoms. The van der Waals surface area contributed by atoms with E-state index in [9.17, 15) is 33.0 Å². The van der Waals surface area contributed by atoms with Crippen LogP contribution in [0.25, 0.3) is 1.43 Å². The van der Waals surface area contributed by atoms with Gasteiger partial charge in [0, 0.05) is 12.8 Å². The summed E-state index contributed by atoms with van der Waals surface area (Å²) in [7, 11) is -4.99. The number of nitrogens with one attached hydrogen (secondary N) is 1. The first-order valence-electron chi connectivity index (χ1n) is 29.6. The third kappa shape index (κ3) is 37.8. The molecule has 1 saturated heterocycles. The molecule has 0 saturated carbocycles. The lowest BCUT2D eigenvalue weighted by Crippen LogP contribution is -2.66. The molecule has 0 aromatic rings. The third-order valence-electron chi connectivity index (χ3n) is 14.0. The average molecular weight is 1020 g/mol. The number of ether oxygens (including phenoxy) is 3. The molecular formula is C56H107NO12S. The van der Waals surface area contributed by atoms with Crippen molar-refractivity contribution >= 4 is 28.2 Å². The fraction of sp³-hybridized carbons (Fsp3) is 0.946. The number of unbranched alkanes of at least 4 members (excludes halogenated alkanes) is 36. The summed E-state index contributed by atoms with van der Waals surface area (Å²) in [5.41, 5.74) is 0. The molecular weight excluding hydrogens is 911 g/mol. The second-order valence-corrected chi connectivity index (χ2v) is 21.6. The van der Waals surface area contributed by atoms with Gasteiger partial charge in [0.1, 0.15) is 24.4 Å². The van der Waals surface area contributed by atoms with Crippen LogP contribution in [0.1, 0.15) is 297 Å². The SMILES string of the molecule is [2H]OS(=O)(=O)O[C@H]1[C@H](OC(=O)CCCCCCCCCCCCCCCCC)[C@@H](NC(=O)C[C@@H](CCCCCCCCCCC)OC(=O)CCCCCCCCCCCCCCCCC)C(O)O[C@@H]1CO. The van der Waals surface area contributed by atoms with Crippen molar-refractivity contribution in [2.75, 3.05) is 6.61 Å². The predicted octanol–water partition coefficient (Wildman–Crippen LogP) is 14.0. The molecule has 1 rings (SSSR count). The van der Waals surface area contributed by atoms with E-state index in [1.54, 1.807) is 0 Å². The van der Waals surface area contributed by atoms with Crippen LogP contribution in [-0.2, 0) is 43.2 Å². The molecule has 0 bridgehead atoms. The van der Waals surface area contributed by atoms with E-state index in [0.29, 0.717) is 19.3 Å². The van der Waals surface area contributed by atoms with E-state index in [4.69, 9.17) is 19.8 Å². The Kier molecular flexibility index (Phi) is 42.0. The molecule has 14 heteroatoms. The highest BCUT2D eigenvalue weighted by Crippen LogP contribution is 2.28. The maximum atomic E-state index is 13.8. The maximum absolute atomic E-state index is 13.8. The van der Waals surface area contributed by atoms with Crippen molar-refractivity contribution in [2.24, 2.45) is 0 Å². The highest BCUT2D eigenvalue weighted by molar-refractivity contribution is 7.80. The largest absolute Gasteiger partial charge is 0.462 e. The number of rotatable bonds is 51. The average Bonchev–Trinajstić information content (AvgIpc) is 3.35. The van der Waals surface area contributed by atoms with Gasteiger partial charge in [0.2, 0.25) is 7.34 Å². The van der Waals surface area contributed by atoms with Gasteiger partial charge in [-0.2, -0.15) is 8.42 Å². The molecule has 414 valence electrons. The van der Waals surface area contributed by atoms with Crippen molar-refractivity contribution in [3.63, 3.8) is 0 Å². The number of carbonyl (C=O) groups excluding carboxylic acids is 3. The summed E-state index contributed by atoms with van der Waals surface area (Å²) in [5, 5.41) is 23.9. The Morgan fingerprint density at radius 3 is 1.27 bits per heavy atom. The smallest absolute Gasteiger partial charge is 0.397 e. The topological polar surface area (TPSA) is 195 Å². The maximum Gasteiger partial charge on any atom is 0.397 e. The van der Waals surface area contributed by atoms with Gasteiger partial charge in [0.25, 0.3) is 0 Å². The Morgan fingerprint density at radius 1 is 0.543 bits per heavy atom. The lowest BCUT2D eigenvalue weighted by Gasteiger charge is -2.43. The van der Waals surface area contributed by atoms with Crippen LogP contribution in [0, 0.1) is 0 Å². The minimum Gasteiger partial charge on any atom is -0.462 e. The molecule has 0 aromatic heterocycles. The Balaban J connectivity index is 2.80. The first-order valence-corrected chi connectivity index (χ1v) is 30.6. The van der Waals surface area contributed by atoms with Gasteiger partial charge in [-0.1, -0.05) is 252 Å². The quantitative estimate of drug-likeness (QED) is 0.0256. The van der Waals surface area contributed by atoms with Crippen molar-refractivity contribution in [1.82, 2.24) is 5.32 Å². The van der Waals surface area contributed by atoms with E-state index < -0.39 is 65.6 Å². The van der Waals surface area contributed by atoms with Crippen molar-refractivity contribution in [3.8, 4) is 0 Å². The van der Waals surface area contributed by atoms with Crippen LogP contribution in [0.15, 0.2) is 0 Å². The summed E-state index contributed by atoms with van der Waals surface area (Å²) in [6.45, 7) is 5.84. The van der Waals surface area contributed by atoms with Crippen LogP contribution in [-0.4, -0.2) is 84.4 Å². The number of amides is 1. The molecule has 6 atom stereocenters. The van der Waals surface area contributed by atoms with Crippen LogP contribution < -0.4 is 5.32 Å². The van der Waals surface area contributed by atoms with Gasteiger partial charge in [-0.3, -0.25) is 18.9 Å². The minimum absolute atomic E-state index is 0.0132. The van der Waals surface area contributed by atoms with E-state index in [1.165, 1.54) is 167 Å². The third-order valence-corrected chi connectivity index (χ3v) is 14.4. The summed E-state index contributed by atoms with van der Waals surface area (Å²) in [5.74, 6) is -1.74. The van der Waals surface area contributed by atoms with Gasteiger partial charge < -0.3 is 29.7 Å². The Labute approximate surface area is 429 Å². The van der Waals surface area contributed by atoms with E-state index in [2.05, 4.69) is 30.6 Å². The zero-order chi connectivity index (χ0) is 52.1. The molecule has 1 heterocycles. The zero-order valence-corrected chi connectivity index (χ0v) is 45.8. The number of aliphatic hydroxyl groups is 2. The van der Waals surface area contributed by atoms with Crippen LogP contribution >= 0.6 is 0 Å². The van der Waals surface area contributed by atoms with Gasteiger partial charge in [0.05, 0.1) is 13.0 Å². The lowest BCUT2D eigenvalue weighted by atomic mass is 9.96. The Hall–Kier alpha value is -1.84. The highest BCUT2D eigenvalue weighted by atomic mass is 32.3. The monoisotopic (exact) mass is 1020 g/mol. The number of hydrogen-bond acceptors (Lipinski definition) is 12. The van der Waals surface area contributed by atoms with Crippen LogP contribution in [0.4, 0.5) is 0 Å². The van der Waals surface area contributed by atoms with Crippen molar-refractivity contribution < 1.29 is 56.0 Å². The van der Waals surface area contributed by atoms with Gasteiger partial charge in [-0.05, 0) is 25.7 Å². The first-order chi connectivity index (χ1) is 34.5. The Morgan fingerprint density at radius 2 is 0.900 bits per heavy atom. The summed E-state index contributed by atoms with van der Waals surface area (Å²) >= 11 is 0. The second-order valence-electron chi connectivity index (χ2n) is 20.6. The van der Waals surface area contributed by atoms with Crippen molar-refractivity contribution in [2.45, 2.75) is 334 Å². The van der Waals surface area contributed by atoms with Gasteiger partial charge in [-0.15, -0.1) is 0 Å². The summed E-state index contributed by atoms with van der Waals surface area (Å²) in [6, 6.07) is -1.54. The molecule has 1 amide bonds.